The zero-order valence-electron chi connectivity index (χ0n) is 8.89. The van der Waals surface area contributed by atoms with Crippen LogP contribution in [-0.2, 0) is 0 Å². The lowest BCUT2D eigenvalue weighted by molar-refractivity contribution is 0.623. The van der Waals surface area contributed by atoms with Gasteiger partial charge in [-0.2, -0.15) is 10.5 Å². The van der Waals surface area contributed by atoms with E-state index >= 15 is 0 Å². The van der Waals surface area contributed by atoms with Crippen molar-refractivity contribution < 1.29 is 4.39 Å². The van der Waals surface area contributed by atoms with Crippen LogP contribution in [0.2, 0.25) is 0 Å². The lowest BCUT2D eigenvalue weighted by atomic mass is 10.1. The van der Waals surface area contributed by atoms with E-state index in [1.54, 1.807) is 23.1 Å². The van der Waals surface area contributed by atoms with Crippen LogP contribution in [0.1, 0.15) is 11.6 Å². The number of hydrogen-bond donors (Lipinski definition) is 1. The third-order valence-corrected chi connectivity index (χ3v) is 2.64. The second kappa shape index (κ2) is 4.15. The summed E-state index contributed by atoms with van der Waals surface area (Å²) < 4.78 is 12.7. The van der Waals surface area contributed by atoms with Crippen LogP contribution in [0.4, 0.5) is 4.39 Å². The smallest absolute Gasteiger partial charge is 0.151 e. The summed E-state index contributed by atoms with van der Waals surface area (Å²) in [6, 6.07) is 9.74. The van der Waals surface area contributed by atoms with Crippen LogP contribution in [0.15, 0.2) is 35.7 Å². The summed E-state index contributed by atoms with van der Waals surface area (Å²) in [6.07, 6.45) is 0. The average molecular weight is 228 g/mol. The van der Waals surface area contributed by atoms with E-state index in [0.29, 0.717) is 6.54 Å². The molecule has 2 rings (SSSR count). The molecule has 0 bridgehead atoms. The molecule has 2 N–H and O–H groups in total. The van der Waals surface area contributed by atoms with Gasteiger partial charge >= 0.3 is 0 Å². The van der Waals surface area contributed by atoms with E-state index in [9.17, 15) is 4.39 Å². The molecule has 0 aromatic heterocycles. The normalized spacial score (nSPS) is 19.0. The maximum Gasteiger partial charge on any atom is 0.151 e. The molecule has 17 heavy (non-hydrogen) atoms. The first-order valence-corrected chi connectivity index (χ1v) is 4.99. The summed E-state index contributed by atoms with van der Waals surface area (Å²) in [5.41, 5.74) is 6.43. The third kappa shape index (κ3) is 2.04. The highest BCUT2D eigenvalue weighted by Gasteiger charge is 2.38. The van der Waals surface area contributed by atoms with Crippen LogP contribution in [0.5, 0.6) is 0 Å². The SMILES string of the molecule is N#CC(N)=C(C#N)N1CC1c1ccc(F)cc1. The van der Waals surface area contributed by atoms with Gasteiger partial charge in [-0.3, -0.25) is 0 Å². The standard InChI is InChI=1S/C12H9FN4/c13-9-3-1-8(2-4-9)12-7-17(12)11(6-15)10(16)5-14/h1-4,12H,7,16H2. The van der Waals surface area contributed by atoms with E-state index in [4.69, 9.17) is 16.3 Å². The highest BCUT2D eigenvalue weighted by Crippen LogP contribution is 2.38. The molecule has 1 aliphatic rings. The molecule has 0 saturated carbocycles. The minimum absolute atomic E-state index is 0.0112. The quantitative estimate of drug-likeness (QED) is 0.613. The van der Waals surface area contributed by atoms with Crippen molar-refractivity contribution in [3.8, 4) is 12.1 Å². The van der Waals surface area contributed by atoms with Crippen molar-refractivity contribution in [1.29, 1.82) is 10.5 Å². The van der Waals surface area contributed by atoms with Gasteiger partial charge in [-0.1, -0.05) is 12.1 Å². The molecule has 1 unspecified atom stereocenters. The minimum atomic E-state index is -0.298. The number of nitrogens with two attached hydrogens (primary N) is 1. The first-order valence-electron chi connectivity index (χ1n) is 4.99. The maximum atomic E-state index is 12.7. The first kappa shape index (κ1) is 11.0. The summed E-state index contributed by atoms with van der Waals surface area (Å²) in [4.78, 5) is 1.71. The van der Waals surface area contributed by atoms with Crippen molar-refractivity contribution in [3.05, 3.63) is 47.0 Å². The molecule has 5 heteroatoms. The zero-order valence-corrected chi connectivity index (χ0v) is 8.89. The summed E-state index contributed by atoms with van der Waals surface area (Å²) in [6.45, 7) is 0.622. The molecule has 1 saturated heterocycles. The summed E-state index contributed by atoms with van der Waals surface area (Å²) >= 11 is 0. The Morgan fingerprint density at radius 2 is 1.94 bits per heavy atom. The second-order valence-corrected chi connectivity index (χ2v) is 3.71. The Hall–Kier alpha value is -2.53. The molecule has 0 spiro atoms. The number of halogens is 1. The van der Waals surface area contributed by atoms with Crippen LogP contribution in [-0.4, -0.2) is 11.4 Å². The van der Waals surface area contributed by atoms with Crippen molar-refractivity contribution in [1.82, 2.24) is 4.90 Å². The molecule has 0 aliphatic carbocycles. The zero-order chi connectivity index (χ0) is 12.4. The fourth-order valence-corrected chi connectivity index (χ4v) is 1.69. The number of allylic oxidation sites excluding steroid dienone is 2. The van der Waals surface area contributed by atoms with E-state index in [-0.39, 0.29) is 23.3 Å². The molecule has 1 fully saturated rings. The maximum absolute atomic E-state index is 12.7. The number of nitrogens with zero attached hydrogens (tertiary/aromatic N) is 3. The first-order chi connectivity index (χ1) is 8.17. The summed E-state index contributed by atoms with van der Waals surface area (Å²) in [5, 5.41) is 17.6. The minimum Gasteiger partial charge on any atom is -0.388 e. The van der Waals surface area contributed by atoms with Crippen LogP contribution >= 0.6 is 0 Å². The van der Waals surface area contributed by atoms with Gasteiger partial charge in [-0.05, 0) is 17.7 Å². The molecule has 1 heterocycles. The Morgan fingerprint density at radius 3 is 2.47 bits per heavy atom. The Balaban J connectivity index is 2.19. The average Bonchev–Trinajstić information content (AvgIpc) is 3.11. The van der Waals surface area contributed by atoms with Gasteiger partial charge in [-0.25, -0.2) is 4.39 Å². The number of nitriles is 2. The second-order valence-electron chi connectivity index (χ2n) is 3.71. The molecule has 1 aromatic carbocycles. The predicted molar refractivity (Wildman–Crippen MR) is 58.3 cm³/mol. The van der Waals surface area contributed by atoms with Gasteiger partial charge in [0.2, 0.25) is 0 Å². The number of hydrogen-bond acceptors (Lipinski definition) is 4. The van der Waals surface area contributed by atoms with E-state index < -0.39 is 0 Å². The van der Waals surface area contributed by atoms with E-state index in [2.05, 4.69) is 0 Å². The van der Waals surface area contributed by atoms with Gasteiger partial charge in [0, 0.05) is 6.54 Å². The topological polar surface area (TPSA) is 76.6 Å². The Morgan fingerprint density at radius 1 is 1.29 bits per heavy atom. The van der Waals surface area contributed by atoms with E-state index in [0.717, 1.165) is 5.56 Å². The van der Waals surface area contributed by atoms with Gasteiger partial charge < -0.3 is 10.6 Å². The fraction of sp³-hybridized carbons (Fsp3) is 0.167. The fourth-order valence-electron chi connectivity index (χ4n) is 1.69. The van der Waals surface area contributed by atoms with Crippen molar-refractivity contribution in [2.45, 2.75) is 6.04 Å². The Kier molecular flexibility index (Phi) is 2.68. The molecule has 0 radical (unpaired) electrons. The van der Waals surface area contributed by atoms with Gasteiger partial charge in [0.25, 0.3) is 0 Å². The van der Waals surface area contributed by atoms with Gasteiger partial charge in [0.1, 0.15) is 23.7 Å². The Labute approximate surface area is 98.0 Å². The van der Waals surface area contributed by atoms with Crippen LogP contribution in [0.3, 0.4) is 0 Å². The van der Waals surface area contributed by atoms with E-state index in [1.807, 2.05) is 6.07 Å². The lowest BCUT2D eigenvalue weighted by Crippen LogP contribution is -2.06. The van der Waals surface area contributed by atoms with Gasteiger partial charge in [-0.15, -0.1) is 0 Å². The van der Waals surface area contributed by atoms with Gasteiger partial charge in [0.15, 0.2) is 5.70 Å². The van der Waals surface area contributed by atoms with Gasteiger partial charge in [0.05, 0.1) is 6.04 Å². The molecule has 0 amide bonds. The summed E-state index contributed by atoms with van der Waals surface area (Å²) in [5.74, 6) is -0.298. The molecular weight excluding hydrogens is 219 g/mol. The molecule has 1 aliphatic heterocycles. The highest BCUT2D eigenvalue weighted by atomic mass is 19.1. The van der Waals surface area contributed by atoms with Crippen molar-refractivity contribution >= 4 is 0 Å². The third-order valence-electron chi connectivity index (χ3n) is 2.64. The monoisotopic (exact) mass is 228 g/mol. The largest absolute Gasteiger partial charge is 0.388 e. The molecule has 1 aromatic rings. The molecule has 4 nitrogen and oxygen atoms in total. The van der Waals surface area contributed by atoms with Crippen molar-refractivity contribution in [3.63, 3.8) is 0 Å². The van der Waals surface area contributed by atoms with Crippen molar-refractivity contribution in [2.24, 2.45) is 5.73 Å². The van der Waals surface area contributed by atoms with Crippen LogP contribution < -0.4 is 5.73 Å². The molecule has 84 valence electrons. The number of benzene rings is 1. The highest BCUT2D eigenvalue weighted by molar-refractivity contribution is 5.39. The summed E-state index contributed by atoms with van der Waals surface area (Å²) in [7, 11) is 0. The number of rotatable bonds is 2. The Bertz CT molecular complexity index is 547. The molecular formula is C12H9FN4. The van der Waals surface area contributed by atoms with Crippen LogP contribution in [0.25, 0.3) is 0 Å². The predicted octanol–water partition coefficient (Wildman–Crippen LogP) is 1.40. The van der Waals surface area contributed by atoms with Crippen LogP contribution in [0, 0.1) is 28.5 Å². The van der Waals surface area contributed by atoms with Crippen molar-refractivity contribution in [2.75, 3.05) is 6.54 Å². The molecule has 1 atom stereocenters. The lowest BCUT2D eigenvalue weighted by Gasteiger charge is -2.04. The van der Waals surface area contributed by atoms with E-state index in [1.165, 1.54) is 12.1 Å².